The van der Waals surface area contributed by atoms with Gasteiger partial charge >= 0.3 is 0 Å². The number of hydrogen-bond donors (Lipinski definition) is 0. The Morgan fingerprint density at radius 2 is 2.00 bits per heavy atom. The van der Waals surface area contributed by atoms with Gasteiger partial charge < -0.3 is 9.64 Å². The first-order valence-electron chi connectivity index (χ1n) is 7.18. The lowest BCUT2D eigenvalue weighted by molar-refractivity contribution is -0.384. The topological polar surface area (TPSA) is 89.8 Å². The quantitative estimate of drug-likeness (QED) is 0.606. The minimum absolute atomic E-state index is 0.0350. The minimum atomic E-state index is -3.47. The highest BCUT2D eigenvalue weighted by atomic mass is 32.2. The normalized spacial score (nSPS) is 16.7. The van der Waals surface area contributed by atoms with Crippen molar-refractivity contribution in [3.8, 4) is 0 Å². The summed E-state index contributed by atoms with van der Waals surface area (Å²) in [6, 6.07) is 4.08. The van der Waals surface area contributed by atoms with Crippen LogP contribution in [-0.2, 0) is 14.6 Å². The van der Waals surface area contributed by atoms with Gasteiger partial charge in [0, 0.05) is 32.0 Å². The van der Waals surface area contributed by atoms with Gasteiger partial charge in [0.25, 0.3) is 5.69 Å². The van der Waals surface area contributed by atoms with Crippen molar-refractivity contribution in [3.63, 3.8) is 0 Å². The maximum Gasteiger partial charge on any atom is 0.293 e. The van der Waals surface area contributed by atoms with Crippen molar-refractivity contribution in [2.75, 3.05) is 30.9 Å². The van der Waals surface area contributed by atoms with E-state index >= 15 is 0 Å². The number of benzene rings is 1. The van der Waals surface area contributed by atoms with Crippen LogP contribution in [0.25, 0.3) is 0 Å². The molecule has 0 spiro atoms. The SMILES string of the molecule is CCOC1CCN(c2ccc(S(C)(=O)=O)cc2[N+](=O)[O-])CC1. The summed E-state index contributed by atoms with van der Waals surface area (Å²) in [5, 5.41) is 11.3. The molecule has 0 aliphatic carbocycles. The fourth-order valence-corrected chi connectivity index (χ4v) is 3.29. The van der Waals surface area contributed by atoms with Crippen molar-refractivity contribution >= 4 is 21.2 Å². The van der Waals surface area contributed by atoms with Crippen molar-refractivity contribution in [1.82, 2.24) is 0 Å². The summed E-state index contributed by atoms with van der Waals surface area (Å²) in [6.45, 7) is 3.92. The Labute approximate surface area is 129 Å². The van der Waals surface area contributed by atoms with Gasteiger partial charge in [-0.3, -0.25) is 10.1 Å². The summed E-state index contributed by atoms with van der Waals surface area (Å²) in [5.41, 5.74) is 0.296. The van der Waals surface area contributed by atoms with E-state index < -0.39 is 14.8 Å². The standard InChI is InChI=1S/C14H20N2O5S/c1-3-21-11-6-8-15(9-7-11)13-5-4-12(22(2,19)20)10-14(13)16(17)18/h4-5,10-11H,3,6-9H2,1-2H3. The largest absolute Gasteiger partial charge is 0.378 e. The predicted molar refractivity (Wildman–Crippen MR) is 83.1 cm³/mol. The fraction of sp³-hybridized carbons (Fsp3) is 0.571. The molecule has 0 bridgehead atoms. The van der Waals surface area contributed by atoms with Crippen LogP contribution in [-0.4, -0.2) is 45.4 Å². The number of piperidine rings is 1. The van der Waals surface area contributed by atoms with Gasteiger partial charge in [-0.2, -0.15) is 0 Å². The number of anilines is 1. The molecular weight excluding hydrogens is 308 g/mol. The van der Waals surface area contributed by atoms with Crippen molar-refractivity contribution in [3.05, 3.63) is 28.3 Å². The Balaban J connectivity index is 2.26. The Kier molecular flexibility index (Phi) is 5.02. The van der Waals surface area contributed by atoms with Crippen LogP contribution < -0.4 is 4.90 Å². The average Bonchev–Trinajstić information content (AvgIpc) is 2.47. The molecule has 8 heteroatoms. The molecule has 0 atom stereocenters. The number of nitrogens with zero attached hydrogens (tertiary/aromatic N) is 2. The van der Waals surface area contributed by atoms with Crippen LogP contribution in [0.4, 0.5) is 11.4 Å². The molecule has 1 aliphatic rings. The van der Waals surface area contributed by atoms with E-state index in [-0.39, 0.29) is 16.7 Å². The molecular formula is C14H20N2O5S. The van der Waals surface area contributed by atoms with Crippen LogP contribution >= 0.6 is 0 Å². The zero-order valence-corrected chi connectivity index (χ0v) is 13.5. The van der Waals surface area contributed by atoms with Gasteiger partial charge in [-0.15, -0.1) is 0 Å². The van der Waals surface area contributed by atoms with E-state index in [0.717, 1.165) is 25.2 Å². The van der Waals surface area contributed by atoms with Crippen molar-refractivity contribution in [1.29, 1.82) is 0 Å². The molecule has 1 heterocycles. The summed E-state index contributed by atoms with van der Waals surface area (Å²) >= 11 is 0. The van der Waals surface area contributed by atoms with Gasteiger partial charge in [-0.1, -0.05) is 0 Å². The van der Waals surface area contributed by atoms with Crippen molar-refractivity contribution < 1.29 is 18.1 Å². The first-order chi connectivity index (χ1) is 10.3. The van der Waals surface area contributed by atoms with Crippen LogP contribution in [0.1, 0.15) is 19.8 Å². The van der Waals surface area contributed by atoms with E-state index in [0.29, 0.717) is 25.4 Å². The zero-order chi connectivity index (χ0) is 16.3. The van der Waals surface area contributed by atoms with E-state index in [1.165, 1.54) is 12.1 Å². The van der Waals surface area contributed by atoms with Crippen molar-refractivity contribution in [2.45, 2.75) is 30.8 Å². The van der Waals surface area contributed by atoms with Gasteiger partial charge in [0.05, 0.1) is 15.9 Å². The molecule has 1 fully saturated rings. The molecule has 1 aliphatic heterocycles. The van der Waals surface area contributed by atoms with Crippen molar-refractivity contribution in [2.24, 2.45) is 0 Å². The second-order valence-corrected chi connectivity index (χ2v) is 7.34. The molecule has 122 valence electrons. The minimum Gasteiger partial charge on any atom is -0.378 e. The monoisotopic (exact) mass is 328 g/mol. The number of ether oxygens (including phenoxy) is 1. The molecule has 0 N–H and O–H groups in total. The summed E-state index contributed by atoms with van der Waals surface area (Å²) in [6.07, 6.45) is 2.84. The van der Waals surface area contributed by atoms with E-state index in [1.807, 2.05) is 11.8 Å². The number of sulfone groups is 1. The van der Waals surface area contributed by atoms with Gasteiger partial charge in [-0.25, -0.2) is 8.42 Å². The highest BCUT2D eigenvalue weighted by molar-refractivity contribution is 7.90. The molecule has 1 aromatic carbocycles. The van der Waals surface area contributed by atoms with E-state index in [2.05, 4.69) is 0 Å². The molecule has 0 unspecified atom stereocenters. The van der Waals surface area contributed by atoms with Crippen LogP contribution in [0, 0.1) is 10.1 Å². The Bertz CT molecular complexity index is 651. The summed E-state index contributed by atoms with van der Waals surface area (Å²) in [7, 11) is -3.47. The molecule has 0 saturated carbocycles. The predicted octanol–water partition coefficient (Wildman–Crippen LogP) is 2.00. The third-order valence-corrected chi connectivity index (χ3v) is 4.87. The Hall–Kier alpha value is -1.67. The van der Waals surface area contributed by atoms with Crippen LogP contribution in [0.5, 0.6) is 0 Å². The lowest BCUT2D eigenvalue weighted by Crippen LogP contribution is -2.37. The second kappa shape index (κ2) is 6.62. The Morgan fingerprint density at radius 3 is 2.50 bits per heavy atom. The maximum absolute atomic E-state index is 11.6. The fourth-order valence-electron chi connectivity index (χ4n) is 2.65. The molecule has 22 heavy (non-hydrogen) atoms. The van der Waals surface area contributed by atoms with Crippen LogP contribution in [0.2, 0.25) is 0 Å². The van der Waals surface area contributed by atoms with Gasteiger partial charge in [0.1, 0.15) is 5.69 Å². The summed E-state index contributed by atoms with van der Waals surface area (Å²) in [5.74, 6) is 0. The molecule has 0 radical (unpaired) electrons. The molecule has 0 amide bonds. The number of rotatable bonds is 5. The summed E-state index contributed by atoms with van der Waals surface area (Å²) < 4.78 is 28.7. The molecule has 1 saturated heterocycles. The second-order valence-electron chi connectivity index (χ2n) is 5.32. The molecule has 0 aromatic heterocycles. The lowest BCUT2D eigenvalue weighted by Gasteiger charge is -2.33. The number of hydrogen-bond acceptors (Lipinski definition) is 6. The third kappa shape index (κ3) is 3.75. The first kappa shape index (κ1) is 16.7. The first-order valence-corrected chi connectivity index (χ1v) is 9.07. The van der Waals surface area contributed by atoms with Crippen LogP contribution in [0.15, 0.2) is 23.1 Å². The molecule has 1 aromatic rings. The van der Waals surface area contributed by atoms with Gasteiger partial charge in [-0.05, 0) is 31.9 Å². The zero-order valence-electron chi connectivity index (χ0n) is 12.7. The van der Waals surface area contributed by atoms with Gasteiger partial charge in [0.15, 0.2) is 9.84 Å². The third-order valence-electron chi connectivity index (χ3n) is 3.76. The van der Waals surface area contributed by atoms with Crippen LogP contribution in [0.3, 0.4) is 0 Å². The highest BCUT2D eigenvalue weighted by Gasteiger charge is 2.26. The lowest BCUT2D eigenvalue weighted by atomic mass is 10.1. The molecule has 7 nitrogen and oxygen atoms in total. The van der Waals surface area contributed by atoms with Gasteiger partial charge in [0.2, 0.25) is 0 Å². The maximum atomic E-state index is 11.6. The van der Waals surface area contributed by atoms with E-state index in [1.54, 1.807) is 0 Å². The number of nitro benzene ring substituents is 1. The Morgan fingerprint density at radius 1 is 1.36 bits per heavy atom. The molecule has 2 rings (SSSR count). The smallest absolute Gasteiger partial charge is 0.293 e. The van der Waals surface area contributed by atoms with E-state index in [9.17, 15) is 18.5 Å². The van der Waals surface area contributed by atoms with E-state index in [4.69, 9.17) is 4.74 Å². The highest BCUT2D eigenvalue weighted by Crippen LogP contribution is 2.32. The summed E-state index contributed by atoms with van der Waals surface area (Å²) in [4.78, 5) is 12.6. The number of nitro groups is 1. The average molecular weight is 328 g/mol.